The zero-order chi connectivity index (χ0) is 14.8. The molecular formula is C12H16FN3O3S. The zero-order valence-electron chi connectivity index (χ0n) is 11.0. The van der Waals surface area contributed by atoms with Gasteiger partial charge in [-0.1, -0.05) is 0 Å². The molecule has 1 N–H and O–H groups in total. The van der Waals surface area contributed by atoms with Crippen molar-refractivity contribution in [3.8, 4) is 0 Å². The predicted molar refractivity (Wildman–Crippen MR) is 71.1 cm³/mol. The first-order valence-electron chi connectivity index (χ1n) is 6.23. The monoisotopic (exact) mass is 301 g/mol. The van der Waals surface area contributed by atoms with Crippen molar-refractivity contribution in [2.75, 3.05) is 19.3 Å². The number of aromatic nitrogens is 1. The third kappa shape index (κ3) is 3.97. The summed E-state index contributed by atoms with van der Waals surface area (Å²) >= 11 is 0. The average molecular weight is 301 g/mol. The number of piperidine rings is 1. The molecule has 0 radical (unpaired) electrons. The normalized spacial score (nSPS) is 17.2. The average Bonchev–Trinajstić information content (AvgIpc) is 2.37. The lowest BCUT2D eigenvalue weighted by atomic mass is 10.1. The molecule has 1 saturated heterocycles. The molecule has 0 atom stereocenters. The molecule has 8 heteroatoms. The Kier molecular flexibility index (Phi) is 4.34. The van der Waals surface area contributed by atoms with E-state index in [1.54, 1.807) is 4.90 Å². The van der Waals surface area contributed by atoms with Crippen molar-refractivity contribution in [3.63, 3.8) is 0 Å². The van der Waals surface area contributed by atoms with Gasteiger partial charge in [0.05, 0.1) is 6.26 Å². The van der Waals surface area contributed by atoms with Crippen molar-refractivity contribution >= 4 is 15.9 Å². The maximum atomic E-state index is 13.0. The lowest BCUT2D eigenvalue weighted by Gasteiger charge is -2.32. The maximum absolute atomic E-state index is 13.0. The minimum Gasteiger partial charge on any atom is -0.339 e. The van der Waals surface area contributed by atoms with Crippen LogP contribution in [0, 0.1) is 5.95 Å². The third-order valence-corrected chi connectivity index (χ3v) is 3.90. The lowest BCUT2D eigenvalue weighted by molar-refractivity contribution is 0.0710. The number of nitrogens with one attached hydrogen (secondary N) is 1. The van der Waals surface area contributed by atoms with Gasteiger partial charge in [-0.15, -0.1) is 0 Å². The van der Waals surface area contributed by atoms with Gasteiger partial charge in [-0.05, 0) is 18.9 Å². The number of likely N-dealkylation sites (tertiary alicyclic amines) is 1. The van der Waals surface area contributed by atoms with E-state index in [1.807, 2.05) is 0 Å². The Balaban J connectivity index is 1.95. The lowest BCUT2D eigenvalue weighted by Crippen LogP contribution is -2.46. The number of pyridine rings is 1. The van der Waals surface area contributed by atoms with Gasteiger partial charge in [0.25, 0.3) is 5.91 Å². The van der Waals surface area contributed by atoms with Crippen LogP contribution in [0.4, 0.5) is 4.39 Å². The zero-order valence-corrected chi connectivity index (χ0v) is 11.9. The van der Waals surface area contributed by atoms with Crippen molar-refractivity contribution in [2.24, 2.45) is 0 Å². The molecule has 1 amide bonds. The van der Waals surface area contributed by atoms with Gasteiger partial charge in [-0.3, -0.25) is 4.79 Å². The summed E-state index contributed by atoms with van der Waals surface area (Å²) in [5.41, 5.74) is 0.257. The van der Waals surface area contributed by atoms with Gasteiger partial charge < -0.3 is 4.90 Å². The predicted octanol–water partition coefficient (Wildman–Crippen LogP) is 0.375. The summed E-state index contributed by atoms with van der Waals surface area (Å²) in [5, 5.41) is 0. The molecule has 0 spiro atoms. The summed E-state index contributed by atoms with van der Waals surface area (Å²) in [6.45, 7) is 0.881. The largest absolute Gasteiger partial charge is 0.339 e. The fraction of sp³-hybridized carbons (Fsp3) is 0.500. The van der Waals surface area contributed by atoms with E-state index < -0.39 is 16.0 Å². The van der Waals surface area contributed by atoms with Crippen LogP contribution in [0.25, 0.3) is 0 Å². The fourth-order valence-electron chi connectivity index (χ4n) is 2.22. The molecule has 0 saturated carbocycles. The number of nitrogens with zero attached hydrogens (tertiary/aromatic N) is 2. The van der Waals surface area contributed by atoms with E-state index in [9.17, 15) is 17.6 Å². The van der Waals surface area contributed by atoms with E-state index in [4.69, 9.17) is 0 Å². The number of sulfonamides is 1. The summed E-state index contributed by atoms with van der Waals surface area (Å²) in [6, 6.07) is 2.42. The standard InChI is InChI=1S/C12H16FN3O3S/c1-20(18,19)15-10-3-6-16(7-4-10)12(17)9-2-5-14-11(13)8-9/h2,5,8,10,15H,3-4,6-7H2,1H3. The fourth-order valence-corrected chi connectivity index (χ4v) is 3.06. The molecule has 2 heterocycles. The van der Waals surface area contributed by atoms with Gasteiger partial charge in [-0.25, -0.2) is 18.1 Å². The molecule has 1 aliphatic rings. The van der Waals surface area contributed by atoms with Crippen LogP contribution in [0.2, 0.25) is 0 Å². The molecular weight excluding hydrogens is 285 g/mol. The molecule has 2 rings (SSSR count). The minimum absolute atomic E-state index is 0.150. The first-order chi connectivity index (χ1) is 9.35. The molecule has 1 fully saturated rings. The summed E-state index contributed by atoms with van der Waals surface area (Å²) < 4.78 is 37.8. The summed E-state index contributed by atoms with van der Waals surface area (Å²) in [4.78, 5) is 17.1. The van der Waals surface area contributed by atoms with Crippen LogP contribution in [0.15, 0.2) is 18.3 Å². The van der Waals surface area contributed by atoms with Crippen molar-refractivity contribution in [1.82, 2.24) is 14.6 Å². The Morgan fingerprint density at radius 1 is 1.45 bits per heavy atom. The van der Waals surface area contributed by atoms with Gasteiger partial charge in [0.2, 0.25) is 16.0 Å². The number of halogens is 1. The number of carbonyl (C=O) groups excluding carboxylic acids is 1. The van der Waals surface area contributed by atoms with Crippen molar-refractivity contribution < 1.29 is 17.6 Å². The number of amides is 1. The van der Waals surface area contributed by atoms with Crippen molar-refractivity contribution in [1.29, 1.82) is 0 Å². The summed E-state index contributed by atoms with van der Waals surface area (Å²) in [7, 11) is -3.23. The first kappa shape index (κ1) is 14.9. The molecule has 110 valence electrons. The molecule has 1 aromatic heterocycles. The number of hydrogen-bond donors (Lipinski definition) is 1. The molecule has 0 aromatic carbocycles. The summed E-state index contributed by atoms with van der Waals surface area (Å²) in [6.07, 6.45) is 3.46. The van der Waals surface area contributed by atoms with Crippen LogP contribution in [0.3, 0.4) is 0 Å². The van der Waals surface area contributed by atoms with E-state index in [1.165, 1.54) is 12.3 Å². The second kappa shape index (κ2) is 5.84. The van der Waals surface area contributed by atoms with Crippen LogP contribution in [-0.4, -0.2) is 49.6 Å². The highest BCUT2D eigenvalue weighted by Crippen LogP contribution is 2.14. The third-order valence-electron chi connectivity index (χ3n) is 3.14. The van der Waals surface area contributed by atoms with E-state index in [0.717, 1.165) is 12.3 Å². The van der Waals surface area contributed by atoms with Crippen molar-refractivity contribution in [2.45, 2.75) is 18.9 Å². The Morgan fingerprint density at radius 2 is 2.10 bits per heavy atom. The summed E-state index contributed by atoms with van der Waals surface area (Å²) in [5.74, 6) is -0.950. The van der Waals surface area contributed by atoms with Crippen LogP contribution in [0.1, 0.15) is 23.2 Å². The molecule has 1 aromatic rings. The van der Waals surface area contributed by atoms with Gasteiger partial charge in [0.15, 0.2) is 0 Å². The van der Waals surface area contributed by atoms with Gasteiger partial charge in [0.1, 0.15) is 0 Å². The van der Waals surface area contributed by atoms with Crippen molar-refractivity contribution in [3.05, 3.63) is 29.8 Å². The Hall–Kier alpha value is -1.54. The number of hydrogen-bond acceptors (Lipinski definition) is 4. The Bertz CT molecular complexity index is 598. The van der Waals surface area contributed by atoms with Crippen LogP contribution in [0.5, 0.6) is 0 Å². The Labute approximate surface area is 117 Å². The number of carbonyl (C=O) groups is 1. The second-order valence-corrected chi connectivity index (χ2v) is 6.60. The second-order valence-electron chi connectivity index (χ2n) is 4.82. The van der Waals surface area contributed by atoms with E-state index in [-0.39, 0.29) is 17.5 Å². The number of rotatable bonds is 3. The van der Waals surface area contributed by atoms with Gasteiger partial charge in [-0.2, -0.15) is 4.39 Å². The first-order valence-corrected chi connectivity index (χ1v) is 8.12. The minimum atomic E-state index is -3.23. The molecule has 20 heavy (non-hydrogen) atoms. The molecule has 0 bridgehead atoms. The van der Waals surface area contributed by atoms with E-state index in [2.05, 4.69) is 9.71 Å². The van der Waals surface area contributed by atoms with Gasteiger partial charge in [0, 0.05) is 37.0 Å². The maximum Gasteiger partial charge on any atom is 0.254 e. The van der Waals surface area contributed by atoms with Crippen LogP contribution in [-0.2, 0) is 10.0 Å². The Morgan fingerprint density at radius 3 is 2.65 bits per heavy atom. The topological polar surface area (TPSA) is 79.4 Å². The molecule has 1 aliphatic heterocycles. The quantitative estimate of drug-likeness (QED) is 0.818. The highest BCUT2D eigenvalue weighted by molar-refractivity contribution is 7.88. The highest BCUT2D eigenvalue weighted by Gasteiger charge is 2.25. The van der Waals surface area contributed by atoms with Crippen LogP contribution < -0.4 is 4.72 Å². The van der Waals surface area contributed by atoms with Gasteiger partial charge >= 0.3 is 0 Å². The smallest absolute Gasteiger partial charge is 0.254 e. The molecule has 0 aliphatic carbocycles. The SMILES string of the molecule is CS(=O)(=O)NC1CCN(C(=O)c2ccnc(F)c2)CC1. The molecule has 6 nitrogen and oxygen atoms in total. The van der Waals surface area contributed by atoms with Crippen LogP contribution >= 0.6 is 0 Å². The molecule has 0 unspecified atom stereocenters. The van der Waals surface area contributed by atoms with E-state index >= 15 is 0 Å². The highest BCUT2D eigenvalue weighted by atomic mass is 32.2. The van der Waals surface area contributed by atoms with E-state index in [0.29, 0.717) is 25.9 Å².